The molecular weight excluding hydrogens is 262 g/mol. The molecule has 0 radical (unpaired) electrons. The van der Waals surface area contributed by atoms with Crippen molar-refractivity contribution in [1.82, 2.24) is 0 Å². The zero-order valence-corrected chi connectivity index (χ0v) is 10.9. The molecule has 1 aromatic rings. The molecule has 80 valence electrons. The van der Waals surface area contributed by atoms with Crippen LogP contribution in [-0.4, -0.2) is 11.7 Å². The normalized spacial score (nSPS) is 17.8. The lowest BCUT2D eigenvalue weighted by atomic mass is 9.81. The first-order valence-corrected chi connectivity index (χ1v) is 6.33. The Kier molecular flexibility index (Phi) is 4.13. The van der Waals surface area contributed by atoms with Crippen molar-refractivity contribution in [2.45, 2.75) is 26.4 Å². The van der Waals surface area contributed by atoms with Gasteiger partial charge in [-0.25, -0.2) is 0 Å². The number of hydrogen-bond donors (Lipinski definition) is 2. The molecule has 2 nitrogen and oxygen atoms in total. The van der Waals surface area contributed by atoms with Gasteiger partial charge in [0.2, 0.25) is 0 Å². The van der Waals surface area contributed by atoms with Crippen LogP contribution in [0.2, 0.25) is 0 Å². The fourth-order valence-electron chi connectivity index (χ4n) is 1.27. The monoisotopic (exact) mass is 277 g/mol. The van der Waals surface area contributed by atoms with E-state index in [9.17, 15) is 5.11 Å². The Bertz CT molecular complexity index is 296. The van der Waals surface area contributed by atoms with Crippen LogP contribution in [0.3, 0.4) is 0 Å². The molecule has 4 heteroatoms. The fourth-order valence-corrected chi connectivity index (χ4v) is 3.02. The summed E-state index contributed by atoms with van der Waals surface area (Å²) in [7, 11) is 0. The number of hydrogen-bond acceptors (Lipinski definition) is 3. The standard InChI is InChI=1S/C10H16BrNOS/c1-3-10(2,6-12)9(13)8-7(11)4-5-14-8/h4-5,9,13H,3,6,12H2,1-2H3. The second kappa shape index (κ2) is 4.75. The fraction of sp³-hybridized carbons (Fsp3) is 0.600. The van der Waals surface area contributed by atoms with E-state index in [1.54, 1.807) is 11.3 Å². The van der Waals surface area contributed by atoms with Crippen molar-refractivity contribution in [2.75, 3.05) is 6.54 Å². The summed E-state index contributed by atoms with van der Waals surface area (Å²) in [5, 5.41) is 12.2. The summed E-state index contributed by atoms with van der Waals surface area (Å²) in [6.45, 7) is 4.57. The first kappa shape index (κ1) is 12.2. The number of halogens is 1. The Balaban J connectivity index is 2.94. The Morgan fingerprint density at radius 3 is 2.71 bits per heavy atom. The Hall–Kier alpha value is 0.100. The summed E-state index contributed by atoms with van der Waals surface area (Å²) < 4.78 is 0.975. The summed E-state index contributed by atoms with van der Waals surface area (Å²) in [6.07, 6.45) is 0.390. The summed E-state index contributed by atoms with van der Waals surface area (Å²) in [6, 6.07) is 1.95. The van der Waals surface area contributed by atoms with Crippen molar-refractivity contribution in [1.29, 1.82) is 0 Å². The minimum Gasteiger partial charge on any atom is -0.387 e. The Labute approximate surface area is 97.3 Å². The molecule has 2 unspecified atom stereocenters. The van der Waals surface area contributed by atoms with Crippen molar-refractivity contribution in [3.63, 3.8) is 0 Å². The second-order valence-electron chi connectivity index (χ2n) is 3.75. The molecule has 0 aliphatic rings. The third-order valence-corrected chi connectivity index (χ3v) is 4.75. The summed E-state index contributed by atoms with van der Waals surface area (Å²) in [5.74, 6) is 0. The molecular formula is C10H16BrNOS. The van der Waals surface area contributed by atoms with Gasteiger partial charge >= 0.3 is 0 Å². The SMILES string of the molecule is CCC(C)(CN)C(O)c1sccc1Br. The van der Waals surface area contributed by atoms with E-state index in [0.717, 1.165) is 15.8 Å². The highest BCUT2D eigenvalue weighted by Gasteiger charge is 2.32. The zero-order chi connectivity index (χ0) is 10.8. The number of nitrogens with two attached hydrogens (primary N) is 1. The minimum absolute atomic E-state index is 0.229. The molecule has 2 atom stereocenters. The maximum absolute atomic E-state index is 10.2. The summed E-state index contributed by atoms with van der Waals surface area (Å²) in [4.78, 5) is 0.972. The predicted octanol–water partition coefficient (Wildman–Crippen LogP) is 2.92. The molecule has 0 fully saturated rings. The van der Waals surface area contributed by atoms with Crippen molar-refractivity contribution < 1.29 is 5.11 Å². The largest absolute Gasteiger partial charge is 0.387 e. The third-order valence-electron chi connectivity index (χ3n) is 2.83. The summed E-state index contributed by atoms with van der Waals surface area (Å²) >= 11 is 4.99. The Morgan fingerprint density at radius 1 is 1.71 bits per heavy atom. The van der Waals surface area contributed by atoms with Gasteiger partial charge in [-0.1, -0.05) is 13.8 Å². The van der Waals surface area contributed by atoms with Gasteiger partial charge in [0.25, 0.3) is 0 Å². The lowest BCUT2D eigenvalue weighted by Gasteiger charge is -2.31. The molecule has 0 spiro atoms. The Morgan fingerprint density at radius 2 is 2.36 bits per heavy atom. The van der Waals surface area contributed by atoms with E-state index in [2.05, 4.69) is 22.9 Å². The molecule has 1 aromatic heterocycles. The maximum atomic E-state index is 10.2. The van der Waals surface area contributed by atoms with Gasteiger partial charge < -0.3 is 10.8 Å². The van der Waals surface area contributed by atoms with Crippen LogP contribution >= 0.6 is 27.3 Å². The van der Waals surface area contributed by atoms with Gasteiger partial charge in [-0.3, -0.25) is 0 Å². The molecule has 0 amide bonds. The lowest BCUT2D eigenvalue weighted by molar-refractivity contribution is 0.0415. The van der Waals surface area contributed by atoms with E-state index in [4.69, 9.17) is 5.73 Å². The highest BCUT2D eigenvalue weighted by Crippen LogP contribution is 2.41. The molecule has 14 heavy (non-hydrogen) atoms. The molecule has 0 aromatic carbocycles. The van der Waals surface area contributed by atoms with E-state index in [0.29, 0.717) is 6.54 Å². The quantitative estimate of drug-likeness (QED) is 0.889. The molecule has 0 saturated heterocycles. The average molecular weight is 278 g/mol. The number of thiophene rings is 1. The van der Waals surface area contributed by atoms with E-state index >= 15 is 0 Å². The average Bonchev–Trinajstić information content (AvgIpc) is 2.62. The molecule has 1 heterocycles. The maximum Gasteiger partial charge on any atom is 0.0958 e. The van der Waals surface area contributed by atoms with Crippen molar-refractivity contribution in [2.24, 2.45) is 11.1 Å². The van der Waals surface area contributed by atoms with Gasteiger partial charge in [-0.2, -0.15) is 0 Å². The van der Waals surface area contributed by atoms with Crippen LogP contribution in [-0.2, 0) is 0 Å². The topological polar surface area (TPSA) is 46.2 Å². The van der Waals surface area contributed by atoms with Crippen molar-refractivity contribution >= 4 is 27.3 Å². The zero-order valence-electron chi connectivity index (χ0n) is 8.46. The van der Waals surface area contributed by atoms with Gasteiger partial charge in [-0.05, 0) is 33.8 Å². The van der Waals surface area contributed by atoms with E-state index < -0.39 is 6.10 Å². The number of rotatable bonds is 4. The van der Waals surface area contributed by atoms with E-state index in [1.807, 2.05) is 18.4 Å². The highest BCUT2D eigenvalue weighted by atomic mass is 79.9. The van der Waals surface area contributed by atoms with Gasteiger partial charge in [-0.15, -0.1) is 11.3 Å². The van der Waals surface area contributed by atoms with Crippen LogP contribution in [0.4, 0.5) is 0 Å². The first-order valence-electron chi connectivity index (χ1n) is 4.66. The minimum atomic E-state index is -0.480. The van der Waals surface area contributed by atoms with Gasteiger partial charge in [0.1, 0.15) is 0 Å². The number of aliphatic hydroxyl groups is 1. The van der Waals surface area contributed by atoms with Gasteiger partial charge in [0.15, 0.2) is 0 Å². The highest BCUT2D eigenvalue weighted by molar-refractivity contribution is 9.10. The van der Waals surface area contributed by atoms with Gasteiger partial charge in [0, 0.05) is 21.3 Å². The van der Waals surface area contributed by atoms with Crippen LogP contribution in [0.1, 0.15) is 31.2 Å². The second-order valence-corrected chi connectivity index (χ2v) is 5.55. The molecule has 0 aliphatic carbocycles. The number of aliphatic hydroxyl groups excluding tert-OH is 1. The van der Waals surface area contributed by atoms with Crippen LogP contribution < -0.4 is 5.73 Å². The van der Waals surface area contributed by atoms with Gasteiger partial charge in [0.05, 0.1) is 6.10 Å². The molecule has 3 N–H and O–H groups in total. The molecule has 0 saturated carbocycles. The van der Waals surface area contributed by atoms with Crippen molar-refractivity contribution in [3.8, 4) is 0 Å². The first-order chi connectivity index (χ1) is 6.55. The smallest absolute Gasteiger partial charge is 0.0958 e. The molecule has 0 aliphatic heterocycles. The summed E-state index contributed by atoms with van der Waals surface area (Å²) in [5.41, 5.74) is 5.48. The predicted molar refractivity (Wildman–Crippen MR) is 64.4 cm³/mol. The van der Waals surface area contributed by atoms with E-state index in [1.165, 1.54) is 0 Å². The van der Waals surface area contributed by atoms with Crippen LogP contribution in [0.5, 0.6) is 0 Å². The third kappa shape index (κ3) is 2.19. The molecule has 1 rings (SSSR count). The van der Waals surface area contributed by atoms with Crippen LogP contribution in [0, 0.1) is 5.41 Å². The lowest BCUT2D eigenvalue weighted by Crippen LogP contribution is -2.33. The van der Waals surface area contributed by atoms with E-state index in [-0.39, 0.29) is 5.41 Å². The molecule has 0 bridgehead atoms. The van der Waals surface area contributed by atoms with Crippen LogP contribution in [0.25, 0.3) is 0 Å². The van der Waals surface area contributed by atoms with Crippen LogP contribution in [0.15, 0.2) is 15.9 Å². The van der Waals surface area contributed by atoms with Crippen molar-refractivity contribution in [3.05, 3.63) is 20.8 Å².